The minimum atomic E-state index is -4.98. The van der Waals surface area contributed by atoms with E-state index in [4.69, 9.17) is 0 Å². The highest BCUT2D eigenvalue weighted by atomic mass is 19.4. The summed E-state index contributed by atoms with van der Waals surface area (Å²) in [5, 5.41) is 11.8. The Morgan fingerprint density at radius 2 is 1.66 bits per heavy atom. The highest BCUT2D eigenvalue weighted by Gasteiger charge is 2.42. The maximum Gasteiger partial charge on any atom is 0.435 e. The second-order valence-electron chi connectivity index (χ2n) is 7.35. The Morgan fingerprint density at radius 1 is 1.03 bits per heavy atom. The van der Waals surface area contributed by atoms with Gasteiger partial charge in [-0.3, -0.25) is 9.59 Å². The van der Waals surface area contributed by atoms with E-state index in [1.54, 1.807) is 0 Å². The largest absolute Gasteiger partial charge is 0.435 e. The van der Waals surface area contributed by atoms with Crippen molar-refractivity contribution in [3.05, 3.63) is 65.7 Å². The molecule has 0 atom stereocenters. The van der Waals surface area contributed by atoms with Crippen molar-refractivity contribution in [3.63, 3.8) is 0 Å². The van der Waals surface area contributed by atoms with Crippen LogP contribution in [0.3, 0.4) is 0 Å². The van der Waals surface area contributed by atoms with Gasteiger partial charge in [-0.25, -0.2) is 9.07 Å². The van der Waals surface area contributed by atoms with E-state index < -0.39 is 29.3 Å². The molecule has 32 heavy (non-hydrogen) atoms. The van der Waals surface area contributed by atoms with Crippen LogP contribution < -0.4 is 10.6 Å². The second-order valence-corrected chi connectivity index (χ2v) is 7.35. The van der Waals surface area contributed by atoms with Crippen LogP contribution in [0.15, 0.2) is 48.5 Å². The summed E-state index contributed by atoms with van der Waals surface area (Å²) in [5.74, 6) is -1.91. The van der Waals surface area contributed by atoms with Gasteiger partial charge in [0.25, 0.3) is 5.91 Å². The van der Waals surface area contributed by atoms with E-state index in [9.17, 15) is 27.2 Å². The van der Waals surface area contributed by atoms with Crippen LogP contribution in [0, 0.1) is 11.7 Å². The molecule has 0 radical (unpaired) electrons. The molecular formula is C21H19F4N5O2. The van der Waals surface area contributed by atoms with Crippen molar-refractivity contribution >= 4 is 23.2 Å². The zero-order chi connectivity index (χ0) is 23.5. The monoisotopic (exact) mass is 449 g/mol. The number of rotatable bonds is 6. The number of aromatic nitrogens is 3. The van der Waals surface area contributed by atoms with Gasteiger partial charge < -0.3 is 10.6 Å². The lowest BCUT2D eigenvalue weighted by Gasteiger charge is -2.12. The molecule has 2 aromatic carbocycles. The van der Waals surface area contributed by atoms with Crippen LogP contribution in [-0.4, -0.2) is 26.8 Å². The van der Waals surface area contributed by atoms with Crippen molar-refractivity contribution in [2.24, 2.45) is 5.92 Å². The molecule has 3 rings (SSSR count). The Kier molecular flexibility index (Phi) is 6.56. The number of anilines is 2. The molecule has 0 saturated heterocycles. The van der Waals surface area contributed by atoms with E-state index in [1.165, 1.54) is 36.4 Å². The maximum absolute atomic E-state index is 13.7. The number of nitrogens with one attached hydrogen (secondary N) is 2. The lowest BCUT2D eigenvalue weighted by molar-refractivity contribution is -0.143. The molecule has 0 fully saturated rings. The van der Waals surface area contributed by atoms with Gasteiger partial charge in [0.05, 0.1) is 5.69 Å². The van der Waals surface area contributed by atoms with E-state index in [0.29, 0.717) is 16.8 Å². The third-order valence-electron chi connectivity index (χ3n) is 4.23. The number of hydrogen-bond donors (Lipinski definition) is 2. The standard InChI is InChI=1S/C21H19F4N5O2/c1-12(2)10-17(31)26-14-6-8-15(9-7-14)27-20(32)18-19(21(23,24)25)30(29-28-18)16-5-3-4-13(22)11-16/h3-9,11-12H,10H2,1-2H3,(H,26,31)(H,27,32). The Morgan fingerprint density at radius 3 is 2.22 bits per heavy atom. The maximum atomic E-state index is 13.7. The Hall–Kier alpha value is -3.76. The van der Waals surface area contributed by atoms with Gasteiger partial charge in [-0.1, -0.05) is 25.1 Å². The lowest BCUT2D eigenvalue weighted by atomic mass is 10.1. The van der Waals surface area contributed by atoms with Gasteiger partial charge in [-0.05, 0) is 48.4 Å². The summed E-state index contributed by atoms with van der Waals surface area (Å²) >= 11 is 0. The molecule has 0 unspecified atom stereocenters. The average molecular weight is 449 g/mol. The van der Waals surface area contributed by atoms with Gasteiger partial charge >= 0.3 is 6.18 Å². The average Bonchev–Trinajstić information content (AvgIpc) is 3.15. The van der Waals surface area contributed by atoms with Gasteiger partial charge in [-0.15, -0.1) is 5.10 Å². The Bertz CT molecular complexity index is 1120. The van der Waals surface area contributed by atoms with Crippen LogP contribution in [0.25, 0.3) is 5.69 Å². The van der Waals surface area contributed by atoms with Crippen LogP contribution in [0.2, 0.25) is 0 Å². The van der Waals surface area contributed by atoms with Crippen molar-refractivity contribution in [2.45, 2.75) is 26.4 Å². The molecule has 11 heteroatoms. The number of halogens is 4. The van der Waals surface area contributed by atoms with E-state index in [2.05, 4.69) is 20.9 Å². The van der Waals surface area contributed by atoms with Crippen LogP contribution in [0.5, 0.6) is 0 Å². The Labute approximate surface area is 180 Å². The first-order chi connectivity index (χ1) is 15.0. The smallest absolute Gasteiger partial charge is 0.326 e. The van der Waals surface area contributed by atoms with Crippen LogP contribution in [0.4, 0.5) is 28.9 Å². The molecule has 1 heterocycles. The summed E-state index contributed by atoms with van der Waals surface area (Å²) in [5.41, 5.74) is -1.97. The predicted octanol–water partition coefficient (Wildman–Crippen LogP) is 4.66. The Balaban J connectivity index is 1.82. The topological polar surface area (TPSA) is 88.9 Å². The van der Waals surface area contributed by atoms with E-state index in [-0.39, 0.29) is 23.2 Å². The first-order valence-corrected chi connectivity index (χ1v) is 9.54. The fourth-order valence-corrected chi connectivity index (χ4v) is 2.89. The SMILES string of the molecule is CC(C)CC(=O)Nc1ccc(NC(=O)c2nnn(-c3cccc(F)c3)c2C(F)(F)F)cc1. The molecule has 7 nitrogen and oxygen atoms in total. The van der Waals surface area contributed by atoms with E-state index in [0.717, 1.165) is 12.1 Å². The molecule has 0 bridgehead atoms. The first kappa shape index (κ1) is 22.9. The fourth-order valence-electron chi connectivity index (χ4n) is 2.89. The molecule has 168 valence electrons. The molecule has 0 aliphatic rings. The lowest BCUT2D eigenvalue weighted by Crippen LogP contribution is -2.21. The summed E-state index contributed by atoms with van der Waals surface area (Å²) in [6.45, 7) is 3.80. The molecule has 2 N–H and O–H groups in total. The zero-order valence-electron chi connectivity index (χ0n) is 17.1. The molecule has 3 aromatic rings. The number of alkyl halides is 3. The molecule has 1 aromatic heterocycles. The summed E-state index contributed by atoms with van der Waals surface area (Å²) in [4.78, 5) is 24.3. The number of nitrogens with zero attached hydrogens (tertiary/aromatic N) is 3. The minimum Gasteiger partial charge on any atom is -0.326 e. The third-order valence-corrected chi connectivity index (χ3v) is 4.23. The number of hydrogen-bond acceptors (Lipinski definition) is 4. The van der Waals surface area contributed by atoms with Gasteiger partial charge in [0.1, 0.15) is 5.82 Å². The first-order valence-electron chi connectivity index (χ1n) is 9.54. The van der Waals surface area contributed by atoms with Crippen molar-refractivity contribution in [2.75, 3.05) is 10.6 Å². The van der Waals surface area contributed by atoms with Crippen molar-refractivity contribution < 1.29 is 27.2 Å². The van der Waals surface area contributed by atoms with Crippen LogP contribution in [0.1, 0.15) is 36.5 Å². The van der Waals surface area contributed by atoms with Gasteiger partial charge in [0, 0.05) is 17.8 Å². The molecule has 0 spiro atoms. The summed E-state index contributed by atoms with van der Waals surface area (Å²) < 4.78 is 54.9. The number of carbonyl (C=O) groups excluding carboxylic acids is 2. The quantitative estimate of drug-likeness (QED) is 0.536. The minimum absolute atomic E-state index is 0.178. The second kappa shape index (κ2) is 9.16. The molecule has 0 aliphatic carbocycles. The summed E-state index contributed by atoms with van der Waals surface area (Å²) in [6, 6.07) is 10.2. The zero-order valence-corrected chi connectivity index (χ0v) is 17.1. The van der Waals surface area contributed by atoms with Crippen LogP contribution in [-0.2, 0) is 11.0 Å². The molecule has 0 aliphatic heterocycles. The molecule has 0 saturated carbocycles. The predicted molar refractivity (Wildman–Crippen MR) is 109 cm³/mol. The fraction of sp³-hybridized carbons (Fsp3) is 0.238. The number of carbonyl (C=O) groups is 2. The van der Waals surface area contributed by atoms with Crippen molar-refractivity contribution in [1.29, 1.82) is 0 Å². The number of amides is 2. The van der Waals surface area contributed by atoms with Gasteiger partial charge in [0.2, 0.25) is 5.91 Å². The van der Waals surface area contributed by atoms with E-state index >= 15 is 0 Å². The van der Waals surface area contributed by atoms with Crippen molar-refractivity contribution in [1.82, 2.24) is 15.0 Å². The molecular weight excluding hydrogens is 430 g/mol. The van der Waals surface area contributed by atoms with Crippen molar-refractivity contribution in [3.8, 4) is 5.69 Å². The normalized spacial score (nSPS) is 11.5. The molecule has 2 amide bonds. The number of benzene rings is 2. The van der Waals surface area contributed by atoms with Crippen LogP contribution >= 0.6 is 0 Å². The van der Waals surface area contributed by atoms with Gasteiger partial charge in [-0.2, -0.15) is 13.2 Å². The summed E-state index contributed by atoms with van der Waals surface area (Å²) in [6.07, 6.45) is -4.65. The van der Waals surface area contributed by atoms with E-state index in [1.807, 2.05) is 13.8 Å². The van der Waals surface area contributed by atoms with Gasteiger partial charge in [0.15, 0.2) is 11.4 Å². The highest BCUT2D eigenvalue weighted by Crippen LogP contribution is 2.33. The summed E-state index contributed by atoms with van der Waals surface area (Å²) in [7, 11) is 0. The highest BCUT2D eigenvalue weighted by molar-refractivity contribution is 6.04. The third kappa shape index (κ3) is 5.48.